The van der Waals surface area contributed by atoms with Gasteiger partial charge in [0.05, 0.1) is 23.1 Å². The number of ether oxygens (including phenoxy) is 1. The van der Waals surface area contributed by atoms with Gasteiger partial charge < -0.3 is 10.1 Å². The number of nitrogens with zero attached hydrogens (tertiary/aromatic N) is 4. The molecule has 0 aliphatic carbocycles. The van der Waals surface area contributed by atoms with Crippen LogP contribution in [0.5, 0.6) is 11.5 Å². The highest BCUT2D eigenvalue weighted by atomic mass is 19.4. The van der Waals surface area contributed by atoms with E-state index in [9.17, 15) is 27.6 Å². The van der Waals surface area contributed by atoms with Crippen molar-refractivity contribution in [3.63, 3.8) is 0 Å². The van der Waals surface area contributed by atoms with Crippen molar-refractivity contribution in [3.8, 4) is 11.5 Å². The number of hydrogen-bond acceptors (Lipinski definition) is 6. The first-order valence-electron chi connectivity index (χ1n) is 11.5. The van der Waals surface area contributed by atoms with Crippen LogP contribution in [0.25, 0.3) is 0 Å². The smallest absolute Gasteiger partial charge is 0.417 e. The molecule has 38 heavy (non-hydrogen) atoms. The number of rotatable bonds is 5. The van der Waals surface area contributed by atoms with Gasteiger partial charge in [0.25, 0.3) is 5.91 Å². The van der Waals surface area contributed by atoms with Gasteiger partial charge in [0.1, 0.15) is 18.1 Å². The van der Waals surface area contributed by atoms with Crippen LogP contribution in [0.2, 0.25) is 0 Å². The molecule has 13 heteroatoms. The topological polar surface area (TPSA) is 105 Å². The van der Waals surface area contributed by atoms with Gasteiger partial charge in [-0.1, -0.05) is 6.92 Å². The van der Waals surface area contributed by atoms with Gasteiger partial charge in [-0.2, -0.15) is 13.2 Å². The molecule has 9 nitrogen and oxygen atoms in total. The number of pyridine rings is 2. The number of alkyl halides is 3. The van der Waals surface area contributed by atoms with Crippen molar-refractivity contribution < 1.29 is 36.7 Å². The summed E-state index contributed by atoms with van der Waals surface area (Å²) in [5, 5.41) is 2.64. The number of carbonyl (C=O) groups excluding carboxylic acids is 3. The lowest BCUT2D eigenvalue weighted by atomic mass is 10.1. The molecular weight excluding hydrogens is 510 g/mol. The number of anilines is 3. The van der Waals surface area contributed by atoms with Gasteiger partial charge in [-0.3, -0.25) is 19.5 Å². The van der Waals surface area contributed by atoms with Crippen LogP contribution in [0.3, 0.4) is 0 Å². The van der Waals surface area contributed by atoms with E-state index in [4.69, 9.17) is 4.74 Å². The number of fused-ring (bicyclic) bond motifs is 1. The fraction of sp³-hybridized carbons (Fsp3) is 0.240. The van der Waals surface area contributed by atoms with Crippen LogP contribution >= 0.6 is 0 Å². The average molecular weight is 529 g/mol. The van der Waals surface area contributed by atoms with Gasteiger partial charge in [0, 0.05) is 30.4 Å². The molecule has 1 saturated heterocycles. The summed E-state index contributed by atoms with van der Waals surface area (Å²) in [5.41, 5.74) is -0.440. The Morgan fingerprint density at radius 1 is 1.08 bits per heavy atom. The van der Waals surface area contributed by atoms with E-state index in [-0.39, 0.29) is 35.9 Å². The third kappa shape index (κ3) is 4.51. The van der Waals surface area contributed by atoms with Gasteiger partial charge >= 0.3 is 12.2 Å². The molecule has 0 spiro atoms. The molecule has 1 aromatic carbocycles. The lowest BCUT2D eigenvalue weighted by Crippen LogP contribution is -2.33. The Balaban J connectivity index is 1.46. The minimum atomic E-state index is -4.69. The van der Waals surface area contributed by atoms with Crippen molar-refractivity contribution in [2.45, 2.75) is 32.4 Å². The number of imide groups is 1. The zero-order chi connectivity index (χ0) is 27.2. The standard InChI is InChI=1S/C25H19F4N5O4/c1-2-13-7-15(9-18(26)22(13)38-19-5-6-31-23-17(19)3-4-20(35)32-23)34-21(36)12-33(24(34)37)16-8-14(10-30-11-16)25(27,28)29/h5-11H,2-4,12H2,1H3,(H,31,32,35). The Morgan fingerprint density at radius 2 is 1.87 bits per heavy atom. The Bertz CT molecular complexity index is 1480. The average Bonchev–Trinajstić information content (AvgIpc) is 3.18. The van der Waals surface area contributed by atoms with Gasteiger partial charge in [-0.05, 0) is 36.6 Å². The first-order chi connectivity index (χ1) is 18.1. The first kappa shape index (κ1) is 25.1. The second-order valence-electron chi connectivity index (χ2n) is 8.58. The second-order valence-corrected chi connectivity index (χ2v) is 8.58. The molecular formula is C25H19F4N5O4. The van der Waals surface area contributed by atoms with Crippen LogP contribution in [0.4, 0.5) is 39.5 Å². The maximum atomic E-state index is 15.4. The summed E-state index contributed by atoms with van der Waals surface area (Å²) in [7, 11) is 0. The molecule has 2 aliphatic rings. The number of benzene rings is 1. The van der Waals surface area contributed by atoms with E-state index in [2.05, 4.69) is 15.3 Å². The van der Waals surface area contributed by atoms with E-state index in [1.807, 2.05) is 0 Å². The molecule has 196 valence electrons. The van der Waals surface area contributed by atoms with Crippen molar-refractivity contribution in [1.29, 1.82) is 0 Å². The number of nitrogens with one attached hydrogen (secondary N) is 1. The third-order valence-corrected chi connectivity index (χ3v) is 6.16. The molecule has 1 N–H and O–H groups in total. The zero-order valence-electron chi connectivity index (χ0n) is 19.8. The Hall–Kier alpha value is -4.55. The molecule has 5 rings (SSSR count). The van der Waals surface area contributed by atoms with E-state index in [0.29, 0.717) is 46.3 Å². The predicted molar refractivity (Wildman–Crippen MR) is 127 cm³/mol. The van der Waals surface area contributed by atoms with Gasteiger partial charge in [-0.15, -0.1) is 0 Å². The molecule has 2 aliphatic heterocycles. The fourth-order valence-electron chi connectivity index (χ4n) is 4.29. The third-order valence-electron chi connectivity index (χ3n) is 6.16. The molecule has 3 aromatic rings. The molecule has 4 amide bonds. The fourth-order valence-corrected chi connectivity index (χ4v) is 4.29. The van der Waals surface area contributed by atoms with Crippen LogP contribution in [0.1, 0.15) is 30.0 Å². The number of amides is 4. The lowest BCUT2D eigenvalue weighted by molar-refractivity contribution is -0.137. The zero-order valence-corrected chi connectivity index (χ0v) is 19.8. The van der Waals surface area contributed by atoms with Crippen LogP contribution in [0.15, 0.2) is 42.9 Å². The molecule has 0 atom stereocenters. The summed E-state index contributed by atoms with van der Waals surface area (Å²) < 4.78 is 60.6. The van der Waals surface area contributed by atoms with E-state index >= 15 is 4.39 Å². The van der Waals surface area contributed by atoms with Crippen molar-refractivity contribution >= 4 is 35.0 Å². The van der Waals surface area contributed by atoms with Crippen LogP contribution in [-0.4, -0.2) is 34.4 Å². The number of urea groups is 1. The van der Waals surface area contributed by atoms with E-state index < -0.39 is 36.0 Å². The normalized spacial score (nSPS) is 15.6. The Morgan fingerprint density at radius 3 is 2.61 bits per heavy atom. The van der Waals surface area contributed by atoms with Crippen molar-refractivity contribution in [2.24, 2.45) is 0 Å². The van der Waals surface area contributed by atoms with Gasteiger partial charge in [0.15, 0.2) is 11.6 Å². The minimum absolute atomic E-state index is 0.0897. The molecule has 0 unspecified atom stereocenters. The largest absolute Gasteiger partial charge is 0.454 e. The van der Waals surface area contributed by atoms with Crippen molar-refractivity contribution in [2.75, 3.05) is 21.7 Å². The molecule has 0 radical (unpaired) electrons. The summed E-state index contributed by atoms with van der Waals surface area (Å²) in [6, 6.07) is 3.68. The number of aromatic nitrogens is 2. The molecule has 4 heterocycles. The van der Waals surface area contributed by atoms with Crippen LogP contribution < -0.4 is 19.9 Å². The quantitative estimate of drug-likeness (QED) is 0.375. The first-order valence-corrected chi connectivity index (χ1v) is 11.5. The highest BCUT2D eigenvalue weighted by Gasteiger charge is 2.40. The monoisotopic (exact) mass is 529 g/mol. The molecule has 0 saturated carbocycles. The maximum absolute atomic E-state index is 15.4. The Labute approximate surface area is 213 Å². The number of aryl methyl sites for hydroxylation is 1. The van der Waals surface area contributed by atoms with Crippen molar-refractivity contribution in [3.05, 3.63) is 65.4 Å². The minimum Gasteiger partial charge on any atom is -0.454 e. The molecule has 0 bridgehead atoms. The van der Waals surface area contributed by atoms with Gasteiger partial charge in [0.2, 0.25) is 5.91 Å². The molecule has 2 aromatic heterocycles. The van der Waals surface area contributed by atoms with E-state index in [1.54, 1.807) is 6.92 Å². The lowest BCUT2D eigenvalue weighted by Gasteiger charge is -2.21. The van der Waals surface area contributed by atoms with Crippen molar-refractivity contribution in [1.82, 2.24) is 9.97 Å². The van der Waals surface area contributed by atoms with Crippen LogP contribution in [0, 0.1) is 5.82 Å². The second kappa shape index (κ2) is 9.39. The number of hydrogen-bond donors (Lipinski definition) is 1. The highest BCUT2D eigenvalue weighted by molar-refractivity contribution is 6.27. The highest BCUT2D eigenvalue weighted by Crippen LogP contribution is 2.38. The maximum Gasteiger partial charge on any atom is 0.417 e. The van der Waals surface area contributed by atoms with E-state index in [1.165, 1.54) is 18.3 Å². The van der Waals surface area contributed by atoms with Gasteiger partial charge in [-0.25, -0.2) is 19.1 Å². The number of halogens is 4. The van der Waals surface area contributed by atoms with Crippen LogP contribution in [-0.2, 0) is 28.6 Å². The SMILES string of the molecule is CCc1cc(N2C(=O)CN(c3cncc(C(F)(F)F)c3)C2=O)cc(F)c1Oc1ccnc2c1CCC(=O)N2. The summed E-state index contributed by atoms with van der Waals surface area (Å²) >= 11 is 0. The Kier molecular flexibility index (Phi) is 6.21. The summed E-state index contributed by atoms with van der Waals surface area (Å²) in [5.74, 6) is -1.30. The van der Waals surface area contributed by atoms with E-state index in [0.717, 1.165) is 17.2 Å². The molecule has 1 fully saturated rings. The number of carbonyl (C=O) groups is 3. The summed E-state index contributed by atoms with van der Waals surface area (Å²) in [6.07, 6.45) is -0.797. The summed E-state index contributed by atoms with van der Waals surface area (Å²) in [4.78, 5) is 46.7. The predicted octanol–water partition coefficient (Wildman–Crippen LogP) is 4.85. The summed E-state index contributed by atoms with van der Waals surface area (Å²) in [6.45, 7) is 1.18.